The van der Waals surface area contributed by atoms with Gasteiger partial charge in [-0.25, -0.2) is 0 Å². The van der Waals surface area contributed by atoms with Gasteiger partial charge in [-0.1, -0.05) is 20.3 Å². The van der Waals surface area contributed by atoms with E-state index in [4.69, 9.17) is 4.74 Å². The first kappa shape index (κ1) is 16.9. The van der Waals surface area contributed by atoms with Crippen molar-refractivity contribution in [2.24, 2.45) is 5.92 Å². The molecule has 0 aromatic carbocycles. The molecule has 1 saturated heterocycles. The largest absolute Gasteiger partial charge is 0.390 e. The van der Waals surface area contributed by atoms with Gasteiger partial charge in [0.2, 0.25) is 0 Å². The average Bonchev–Trinajstić information content (AvgIpc) is 2.26. The Labute approximate surface area is 118 Å². The number of likely N-dealkylation sites (N-methyl/N-ethyl adjacent to an activating group) is 1. The van der Waals surface area contributed by atoms with E-state index in [2.05, 4.69) is 44.5 Å². The van der Waals surface area contributed by atoms with E-state index < -0.39 is 0 Å². The Morgan fingerprint density at radius 1 is 1.26 bits per heavy atom. The Kier molecular flexibility index (Phi) is 7.29. The van der Waals surface area contributed by atoms with Crippen molar-refractivity contribution in [1.82, 2.24) is 9.80 Å². The first-order valence-corrected chi connectivity index (χ1v) is 7.65. The fourth-order valence-corrected chi connectivity index (χ4v) is 2.88. The zero-order chi connectivity index (χ0) is 14.4. The number of ether oxygens (including phenoxy) is 1. The molecule has 0 amide bonds. The fraction of sp³-hybridized carbons (Fsp3) is 1.00. The van der Waals surface area contributed by atoms with Crippen molar-refractivity contribution < 1.29 is 9.84 Å². The van der Waals surface area contributed by atoms with Crippen LogP contribution < -0.4 is 0 Å². The molecule has 1 rings (SSSR count). The van der Waals surface area contributed by atoms with Crippen LogP contribution in [0.4, 0.5) is 0 Å². The lowest BCUT2D eigenvalue weighted by atomic mass is 10.1. The van der Waals surface area contributed by atoms with Gasteiger partial charge in [0.25, 0.3) is 0 Å². The molecule has 0 spiro atoms. The van der Waals surface area contributed by atoms with Crippen molar-refractivity contribution in [3.8, 4) is 0 Å². The van der Waals surface area contributed by atoms with E-state index >= 15 is 0 Å². The van der Waals surface area contributed by atoms with Crippen molar-refractivity contribution in [2.45, 2.75) is 52.4 Å². The number of hydrogen-bond donors (Lipinski definition) is 1. The minimum atomic E-state index is -0.272. The highest BCUT2D eigenvalue weighted by atomic mass is 16.5. The maximum atomic E-state index is 10.2. The molecule has 0 aromatic rings. The summed E-state index contributed by atoms with van der Waals surface area (Å²) in [6, 6.07) is 0. The smallest absolute Gasteiger partial charge is 0.0793 e. The molecule has 0 aromatic heterocycles. The molecular weight excluding hydrogens is 240 g/mol. The van der Waals surface area contributed by atoms with Crippen molar-refractivity contribution >= 4 is 0 Å². The Morgan fingerprint density at radius 3 is 2.37 bits per heavy atom. The number of hydrogen-bond acceptors (Lipinski definition) is 4. The first-order chi connectivity index (χ1) is 8.90. The van der Waals surface area contributed by atoms with Gasteiger partial charge in [-0.2, -0.15) is 0 Å². The highest BCUT2D eigenvalue weighted by Crippen LogP contribution is 2.11. The molecule has 114 valence electrons. The molecular formula is C15H32N2O2. The second kappa shape index (κ2) is 8.20. The van der Waals surface area contributed by atoms with Crippen LogP contribution in [0.1, 0.15) is 34.1 Å². The number of aliphatic hydroxyl groups is 1. The predicted molar refractivity (Wildman–Crippen MR) is 79.4 cm³/mol. The highest BCUT2D eigenvalue weighted by molar-refractivity contribution is 4.76. The quantitative estimate of drug-likeness (QED) is 0.761. The third kappa shape index (κ3) is 6.70. The summed E-state index contributed by atoms with van der Waals surface area (Å²) < 4.78 is 5.71. The van der Waals surface area contributed by atoms with E-state index in [0.29, 0.717) is 5.92 Å². The second-order valence-electron chi connectivity index (χ2n) is 6.36. The Bertz CT molecular complexity index is 240. The van der Waals surface area contributed by atoms with Gasteiger partial charge in [0, 0.05) is 32.7 Å². The standard InChI is InChI=1S/C15H32N2O2/c1-6-12(2)7-16(5)10-15(18)11-17-8-13(3)19-14(4)9-17/h12-15,18H,6-11H2,1-5H3. The van der Waals surface area contributed by atoms with E-state index in [1.807, 2.05) is 0 Å². The SMILES string of the molecule is CCC(C)CN(C)CC(O)CN1CC(C)OC(C)C1. The van der Waals surface area contributed by atoms with Crippen LogP contribution in [0.15, 0.2) is 0 Å². The van der Waals surface area contributed by atoms with Crippen LogP contribution in [0.25, 0.3) is 0 Å². The number of rotatable bonds is 7. The topological polar surface area (TPSA) is 35.9 Å². The summed E-state index contributed by atoms with van der Waals surface area (Å²) in [5, 5.41) is 10.2. The third-order valence-electron chi connectivity index (χ3n) is 3.81. The van der Waals surface area contributed by atoms with Crippen LogP contribution in [0.3, 0.4) is 0 Å². The predicted octanol–water partition coefficient (Wildman–Crippen LogP) is 1.43. The summed E-state index contributed by atoms with van der Waals surface area (Å²) >= 11 is 0. The highest BCUT2D eigenvalue weighted by Gasteiger charge is 2.24. The summed E-state index contributed by atoms with van der Waals surface area (Å²) in [7, 11) is 2.10. The zero-order valence-corrected chi connectivity index (χ0v) is 13.3. The summed E-state index contributed by atoms with van der Waals surface area (Å²) in [6.45, 7) is 13.1. The van der Waals surface area contributed by atoms with E-state index in [-0.39, 0.29) is 18.3 Å². The van der Waals surface area contributed by atoms with Gasteiger partial charge in [-0.15, -0.1) is 0 Å². The van der Waals surface area contributed by atoms with Gasteiger partial charge in [0.05, 0.1) is 18.3 Å². The maximum Gasteiger partial charge on any atom is 0.0793 e. The minimum absolute atomic E-state index is 0.272. The number of β-amino-alcohol motifs (C(OH)–C–C–N with tert-alkyl or cyclic N) is 1. The van der Waals surface area contributed by atoms with E-state index in [1.165, 1.54) is 6.42 Å². The summed E-state index contributed by atoms with van der Waals surface area (Å²) in [4.78, 5) is 4.56. The Morgan fingerprint density at radius 2 is 1.84 bits per heavy atom. The monoisotopic (exact) mass is 272 g/mol. The van der Waals surface area contributed by atoms with Crippen molar-refractivity contribution in [1.29, 1.82) is 0 Å². The average molecular weight is 272 g/mol. The molecule has 4 unspecified atom stereocenters. The van der Waals surface area contributed by atoms with Crippen molar-refractivity contribution in [2.75, 3.05) is 39.8 Å². The Balaban J connectivity index is 2.28. The van der Waals surface area contributed by atoms with Crippen LogP contribution in [0.2, 0.25) is 0 Å². The molecule has 1 N–H and O–H groups in total. The number of morpholine rings is 1. The first-order valence-electron chi connectivity index (χ1n) is 7.65. The maximum absolute atomic E-state index is 10.2. The van der Waals surface area contributed by atoms with Gasteiger partial charge in [0.15, 0.2) is 0 Å². The lowest BCUT2D eigenvalue weighted by Crippen LogP contribution is -2.49. The van der Waals surface area contributed by atoms with Gasteiger partial charge in [-0.05, 0) is 26.8 Å². The van der Waals surface area contributed by atoms with Gasteiger partial charge in [-0.3, -0.25) is 4.90 Å². The molecule has 0 aliphatic carbocycles. The molecule has 4 atom stereocenters. The molecule has 1 aliphatic rings. The zero-order valence-electron chi connectivity index (χ0n) is 13.3. The van der Waals surface area contributed by atoms with Crippen LogP contribution in [0.5, 0.6) is 0 Å². The van der Waals surface area contributed by atoms with Gasteiger partial charge < -0.3 is 14.7 Å². The van der Waals surface area contributed by atoms with E-state index in [0.717, 1.165) is 32.7 Å². The van der Waals surface area contributed by atoms with Crippen LogP contribution >= 0.6 is 0 Å². The number of nitrogens with zero attached hydrogens (tertiary/aromatic N) is 2. The van der Waals surface area contributed by atoms with Crippen LogP contribution in [0, 0.1) is 5.92 Å². The molecule has 0 radical (unpaired) electrons. The van der Waals surface area contributed by atoms with Crippen LogP contribution in [-0.4, -0.2) is 73.0 Å². The van der Waals surface area contributed by atoms with Gasteiger partial charge >= 0.3 is 0 Å². The summed E-state index contributed by atoms with van der Waals surface area (Å²) in [5.74, 6) is 0.695. The summed E-state index contributed by atoms with van der Waals surface area (Å²) in [5.41, 5.74) is 0. The van der Waals surface area contributed by atoms with Crippen LogP contribution in [-0.2, 0) is 4.74 Å². The normalized spacial score (nSPS) is 28.6. The molecule has 19 heavy (non-hydrogen) atoms. The van der Waals surface area contributed by atoms with E-state index in [9.17, 15) is 5.11 Å². The molecule has 4 nitrogen and oxygen atoms in total. The lowest BCUT2D eigenvalue weighted by molar-refractivity contribution is -0.0777. The molecule has 4 heteroatoms. The molecule has 0 saturated carbocycles. The fourth-order valence-electron chi connectivity index (χ4n) is 2.88. The lowest BCUT2D eigenvalue weighted by Gasteiger charge is -2.36. The molecule has 0 bridgehead atoms. The Hall–Kier alpha value is -0.160. The van der Waals surface area contributed by atoms with E-state index in [1.54, 1.807) is 0 Å². The minimum Gasteiger partial charge on any atom is -0.390 e. The van der Waals surface area contributed by atoms with Gasteiger partial charge in [0.1, 0.15) is 0 Å². The van der Waals surface area contributed by atoms with Crippen molar-refractivity contribution in [3.05, 3.63) is 0 Å². The molecule has 1 aliphatic heterocycles. The van der Waals surface area contributed by atoms with Crippen molar-refractivity contribution in [3.63, 3.8) is 0 Å². The molecule has 1 heterocycles. The third-order valence-corrected chi connectivity index (χ3v) is 3.81. The summed E-state index contributed by atoms with van der Waals surface area (Å²) in [6.07, 6.45) is 1.47. The second-order valence-corrected chi connectivity index (χ2v) is 6.36. The number of aliphatic hydroxyl groups excluding tert-OH is 1. The molecule has 1 fully saturated rings.